The second-order valence-corrected chi connectivity index (χ2v) is 6.82. The first-order valence-corrected chi connectivity index (χ1v) is 7.05. The maximum absolute atomic E-state index is 10.2. The predicted octanol–water partition coefficient (Wildman–Crippen LogP) is 3.76. The van der Waals surface area contributed by atoms with Gasteiger partial charge in [-0.25, -0.2) is 9.59 Å². The minimum Gasteiger partial charge on any atom is -0.211 e. The molecule has 0 aromatic rings. The molecule has 4 heteroatoms. The zero-order valence-electron chi connectivity index (χ0n) is 12.2. The van der Waals surface area contributed by atoms with Crippen LogP contribution in [0.2, 0.25) is 0 Å². The average Bonchev–Trinajstić information content (AvgIpc) is 2.27. The fraction of sp³-hybridized carbons (Fsp3) is 0.867. The van der Waals surface area contributed by atoms with E-state index >= 15 is 0 Å². The highest BCUT2D eigenvalue weighted by atomic mass is 16.1. The fourth-order valence-corrected chi connectivity index (χ4v) is 3.53. The van der Waals surface area contributed by atoms with Crippen molar-refractivity contribution in [2.45, 2.75) is 71.9 Å². The molecule has 1 rings (SSSR count). The van der Waals surface area contributed by atoms with Crippen LogP contribution < -0.4 is 0 Å². The molecule has 4 nitrogen and oxygen atoms in total. The van der Waals surface area contributed by atoms with E-state index in [1.165, 1.54) is 37.8 Å². The summed E-state index contributed by atoms with van der Waals surface area (Å²) in [5.74, 6) is 0. The predicted molar refractivity (Wildman–Crippen MR) is 74.2 cm³/mol. The zero-order chi connectivity index (χ0) is 14.4. The van der Waals surface area contributed by atoms with Gasteiger partial charge in [-0.3, -0.25) is 0 Å². The molecule has 1 atom stereocenters. The Labute approximate surface area is 115 Å². The van der Waals surface area contributed by atoms with Gasteiger partial charge in [0.25, 0.3) is 0 Å². The Morgan fingerprint density at radius 1 is 1.11 bits per heavy atom. The highest BCUT2D eigenvalue weighted by molar-refractivity contribution is 5.36. The number of hydrogen-bond acceptors (Lipinski definition) is 4. The number of isocyanates is 2. The van der Waals surface area contributed by atoms with Gasteiger partial charge in [0.2, 0.25) is 12.2 Å². The van der Waals surface area contributed by atoms with Crippen molar-refractivity contribution < 1.29 is 9.59 Å². The van der Waals surface area contributed by atoms with E-state index in [4.69, 9.17) is 0 Å². The van der Waals surface area contributed by atoms with Gasteiger partial charge in [-0.05, 0) is 49.4 Å². The number of rotatable bonds is 6. The summed E-state index contributed by atoms with van der Waals surface area (Å²) in [7, 11) is 0. The molecule has 0 spiro atoms. The monoisotopic (exact) mass is 264 g/mol. The highest BCUT2D eigenvalue weighted by Gasteiger charge is 2.35. The summed E-state index contributed by atoms with van der Waals surface area (Å²) in [5.41, 5.74) is 0.788. The second-order valence-electron chi connectivity index (χ2n) is 6.82. The van der Waals surface area contributed by atoms with Crippen LogP contribution in [0.5, 0.6) is 0 Å². The zero-order valence-corrected chi connectivity index (χ0v) is 12.2. The summed E-state index contributed by atoms with van der Waals surface area (Å²) in [6.45, 7) is 7.01. The Morgan fingerprint density at radius 2 is 1.74 bits per heavy atom. The molecule has 1 aliphatic carbocycles. The van der Waals surface area contributed by atoms with E-state index < -0.39 is 6.17 Å². The van der Waals surface area contributed by atoms with Crippen LogP contribution in [-0.2, 0) is 9.59 Å². The van der Waals surface area contributed by atoms with Gasteiger partial charge in [-0.1, -0.05) is 27.2 Å². The minimum atomic E-state index is -0.588. The van der Waals surface area contributed by atoms with Crippen molar-refractivity contribution in [3.05, 3.63) is 0 Å². The lowest BCUT2D eigenvalue weighted by molar-refractivity contribution is 0.0881. The maximum atomic E-state index is 10.2. The number of nitrogens with zero attached hydrogens (tertiary/aromatic N) is 2. The molecule has 0 saturated heterocycles. The van der Waals surface area contributed by atoms with E-state index in [9.17, 15) is 9.59 Å². The van der Waals surface area contributed by atoms with Gasteiger partial charge in [0.05, 0.1) is 0 Å². The van der Waals surface area contributed by atoms with Crippen molar-refractivity contribution >= 4 is 12.2 Å². The molecule has 1 fully saturated rings. The van der Waals surface area contributed by atoms with Crippen molar-refractivity contribution in [2.24, 2.45) is 20.8 Å². The third-order valence-electron chi connectivity index (χ3n) is 4.19. The van der Waals surface area contributed by atoms with Gasteiger partial charge >= 0.3 is 0 Å². The van der Waals surface area contributed by atoms with Crippen LogP contribution in [-0.4, -0.2) is 18.3 Å². The Morgan fingerprint density at radius 3 is 2.26 bits per heavy atom. The topological polar surface area (TPSA) is 58.9 Å². The van der Waals surface area contributed by atoms with Crippen LogP contribution in [0, 0.1) is 10.8 Å². The number of hydrogen-bond donors (Lipinski definition) is 0. The molecule has 1 unspecified atom stereocenters. The molecule has 0 amide bonds. The van der Waals surface area contributed by atoms with Crippen LogP contribution >= 0.6 is 0 Å². The Balaban J connectivity index is 2.47. The first-order valence-electron chi connectivity index (χ1n) is 7.05. The molecule has 0 aromatic heterocycles. The van der Waals surface area contributed by atoms with E-state index in [-0.39, 0.29) is 0 Å². The minimum absolute atomic E-state index is 0.363. The first kappa shape index (κ1) is 15.8. The summed E-state index contributed by atoms with van der Waals surface area (Å²) in [5, 5.41) is 0. The largest absolute Gasteiger partial charge is 0.237 e. The van der Waals surface area contributed by atoms with Gasteiger partial charge in [-0.15, -0.1) is 0 Å². The van der Waals surface area contributed by atoms with Crippen LogP contribution in [0.1, 0.15) is 65.7 Å². The second kappa shape index (κ2) is 6.79. The smallest absolute Gasteiger partial charge is 0.211 e. The van der Waals surface area contributed by atoms with E-state index in [0.717, 1.165) is 12.8 Å². The van der Waals surface area contributed by atoms with Gasteiger partial charge < -0.3 is 0 Å². The number of carbonyl (C=O) groups excluding carboxylic acids is 2. The normalized spacial score (nSPS) is 26.9. The summed E-state index contributed by atoms with van der Waals surface area (Å²) in [6, 6.07) is 0. The van der Waals surface area contributed by atoms with Crippen molar-refractivity contribution in [2.75, 3.05) is 0 Å². The molecule has 0 radical (unpaired) electrons. The molecular formula is C15H24N2O2. The first-order chi connectivity index (χ1) is 8.91. The molecule has 0 aliphatic heterocycles. The van der Waals surface area contributed by atoms with Crippen molar-refractivity contribution in [3.63, 3.8) is 0 Å². The maximum Gasteiger partial charge on any atom is 0.237 e. The lowest BCUT2D eigenvalue weighted by atomic mass is 9.63. The summed E-state index contributed by atoms with van der Waals surface area (Å²) in [4.78, 5) is 27.5. The summed E-state index contributed by atoms with van der Waals surface area (Å²) >= 11 is 0. The van der Waals surface area contributed by atoms with E-state index in [2.05, 4.69) is 30.8 Å². The van der Waals surface area contributed by atoms with Crippen LogP contribution in [0.3, 0.4) is 0 Å². The Kier molecular flexibility index (Phi) is 5.65. The van der Waals surface area contributed by atoms with Crippen molar-refractivity contribution in [1.82, 2.24) is 0 Å². The van der Waals surface area contributed by atoms with Crippen LogP contribution in [0.15, 0.2) is 9.98 Å². The van der Waals surface area contributed by atoms with Crippen molar-refractivity contribution in [3.8, 4) is 0 Å². The van der Waals surface area contributed by atoms with Crippen LogP contribution in [0.4, 0.5) is 0 Å². The average molecular weight is 264 g/mol. The molecule has 0 heterocycles. The molecule has 0 aromatic carbocycles. The highest BCUT2D eigenvalue weighted by Crippen LogP contribution is 2.48. The number of aliphatic imine (C=N–C) groups is 2. The molecule has 0 bridgehead atoms. The lowest BCUT2D eigenvalue weighted by Gasteiger charge is -2.43. The SMILES string of the molecule is CC1(C)CCCC(C)(CCCC(N=C=O)N=C=O)C1. The fourth-order valence-electron chi connectivity index (χ4n) is 3.53. The molecule has 19 heavy (non-hydrogen) atoms. The standard InChI is InChI=1S/C15H24N2O2/c1-14(2)7-5-9-15(3,10-14)8-4-6-13(16-11-18)17-12-19/h13H,4-10H2,1-3H3. The lowest BCUT2D eigenvalue weighted by Crippen LogP contribution is -2.30. The Bertz CT molecular complexity index is 375. The molecular weight excluding hydrogens is 240 g/mol. The van der Waals surface area contributed by atoms with Gasteiger partial charge in [0.15, 0.2) is 6.17 Å². The van der Waals surface area contributed by atoms with Gasteiger partial charge in [-0.2, -0.15) is 9.98 Å². The molecule has 0 N–H and O–H groups in total. The van der Waals surface area contributed by atoms with E-state index in [1.807, 2.05) is 0 Å². The van der Waals surface area contributed by atoms with Crippen LogP contribution in [0.25, 0.3) is 0 Å². The summed E-state index contributed by atoms with van der Waals surface area (Å²) < 4.78 is 0. The van der Waals surface area contributed by atoms with Gasteiger partial charge in [0.1, 0.15) is 0 Å². The third kappa shape index (κ3) is 5.50. The van der Waals surface area contributed by atoms with Crippen molar-refractivity contribution in [1.29, 1.82) is 0 Å². The van der Waals surface area contributed by atoms with Gasteiger partial charge in [0, 0.05) is 0 Å². The molecule has 1 saturated carbocycles. The summed E-state index contributed by atoms with van der Waals surface area (Å²) in [6.07, 6.45) is 10.1. The quantitative estimate of drug-likeness (QED) is 0.541. The van der Waals surface area contributed by atoms with E-state index in [1.54, 1.807) is 0 Å². The molecule has 106 valence electrons. The third-order valence-corrected chi connectivity index (χ3v) is 4.19. The van der Waals surface area contributed by atoms with E-state index in [0.29, 0.717) is 17.3 Å². The Hall–Kier alpha value is -1.24. The molecule has 1 aliphatic rings.